The molecule has 0 N–H and O–H groups in total. The predicted octanol–water partition coefficient (Wildman–Crippen LogP) is -0.120. The van der Waals surface area contributed by atoms with Crippen LogP contribution in [0.5, 0.6) is 0 Å². The van der Waals surface area contributed by atoms with Crippen molar-refractivity contribution in [2.24, 2.45) is 0 Å². The molecule has 0 nitrogen and oxygen atoms in total. The Bertz CT molecular complexity index is 0. The van der Waals surface area contributed by atoms with Crippen LogP contribution in [-0.4, -0.2) is 0 Å². The third-order valence-electron chi connectivity index (χ3n) is 0. The van der Waals surface area contributed by atoms with Crippen LogP contribution in [0.3, 0.4) is 0 Å². The summed E-state index contributed by atoms with van der Waals surface area (Å²) in [5.74, 6) is 0. The minimum absolute atomic E-state index is 0. The summed E-state index contributed by atoms with van der Waals surface area (Å²) in [7, 11) is 0. The van der Waals surface area contributed by atoms with Gasteiger partial charge in [0.05, 0.1) is 0 Å². The van der Waals surface area contributed by atoms with Crippen molar-refractivity contribution in [3.63, 3.8) is 0 Å². The maximum atomic E-state index is 0. The zero-order valence-electron chi connectivity index (χ0n) is 19.6. The SMILES string of the molecule is [W].[W].[W].[W].[W].[W].[W].[W].[W].[W].[W].[W].[W].[W].[W].[W].[W].[W].[W].[W].[W].[W].[W].[W].[W].[W].[W].[W].[W].[W].[W].[W].[W].[W].[W].[W].[W].[W].[W].[W].[W].[W].[W].[W].[W].[W].[W].[W]. The molecule has 0 heterocycles. The maximum Gasteiger partial charge on any atom is 0 e. The zero-order chi connectivity index (χ0) is 0. The van der Waals surface area contributed by atoms with Crippen molar-refractivity contribution in [1.29, 1.82) is 0 Å². The zero-order valence-corrected chi connectivity index (χ0v) is 160. The van der Waals surface area contributed by atoms with Gasteiger partial charge in [-0.05, 0) is 0 Å². The summed E-state index contributed by atoms with van der Waals surface area (Å²) in [5.41, 5.74) is 0. The molecule has 0 bridgehead atoms. The van der Waals surface area contributed by atoms with E-state index in [2.05, 4.69) is 0 Å². The summed E-state index contributed by atoms with van der Waals surface area (Å²) in [4.78, 5) is 0. The topological polar surface area (TPSA) is 0 Å². The van der Waals surface area contributed by atoms with Crippen molar-refractivity contribution < 1.29 is 1010 Å². The van der Waals surface area contributed by atoms with Crippen molar-refractivity contribution in [3.05, 3.63) is 0 Å². The summed E-state index contributed by atoms with van der Waals surface area (Å²) >= 11 is 0. The van der Waals surface area contributed by atoms with E-state index in [9.17, 15) is 0 Å². The van der Waals surface area contributed by atoms with Crippen molar-refractivity contribution in [3.8, 4) is 0 Å². The monoisotopic (exact) mass is 8830 g/mol. The third kappa shape index (κ3) is 441. The second kappa shape index (κ2) is 458. The van der Waals surface area contributed by atoms with Crippen molar-refractivity contribution in [2.75, 3.05) is 0 Å². The standard InChI is InChI=1S/48W. The molecule has 0 saturated heterocycles. The Balaban J connectivity index is 0. The van der Waals surface area contributed by atoms with Gasteiger partial charge in [0.1, 0.15) is 0 Å². The molecule has 0 saturated carbocycles. The molecule has 0 aromatic heterocycles. The molecule has 0 atom stereocenters. The van der Waals surface area contributed by atoms with Gasteiger partial charge in [-0.1, -0.05) is 0 Å². The predicted molar refractivity (Wildman–Crippen MR) is 0 cm³/mol. The van der Waals surface area contributed by atoms with Gasteiger partial charge >= 0.3 is 0 Å². The number of hydrogen-bond donors (Lipinski definition) is 0. The van der Waals surface area contributed by atoms with Gasteiger partial charge in [-0.25, -0.2) is 0 Å². The molecule has 48 heteroatoms. The summed E-state index contributed by atoms with van der Waals surface area (Å²) in [6.07, 6.45) is 0. The molecule has 0 rings (SSSR count). The van der Waals surface area contributed by atoms with E-state index in [4.69, 9.17) is 0 Å². The molecule has 0 aliphatic carbocycles. The first-order chi connectivity index (χ1) is 0. The Labute approximate surface area is 980 Å². The minimum Gasteiger partial charge on any atom is 0 e. The Morgan fingerprint density at radius 3 is 0.0208 bits per heavy atom. The van der Waals surface area contributed by atoms with E-state index in [1.54, 1.807) is 0 Å². The molecule has 288 valence electrons. The molecule has 0 aromatic rings. The summed E-state index contributed by atoms with van der Waals surface area (Å²) in [6.45, 7) is 0. The average molecular weight is 8820 g/mol. The van der Waals surface area contributed by atoms with E-state index in [-0.39, 0.29) is 1010 Å². The van der Waals surface area contributed by atoms with Crippen LogP contribution in [0, 0.1) is 0 Å². The van der Waals surface area contributed by atoms with Gasteiger partial charge < -0.3 is 0 Å². The molecular weight excluding hydrogens is 8820 g/mol. The fraction of sp³-hybridized carbons (Fsp3) is 0. The first-order valence-corrected chi connectivity index (χ1v) is 0. The van der Waals surface area contributed by atoms with Crippen LogP contribution < -0.4 is 0 Å². The molecule has 0 aliphatic rings. The minimum atomic E-state index is 0. The second-order valence-corrected chi connectivity index (χ2v) is 0. The van der Waals surface area contributed by atoms with Crippen LogP contribution in [0.4, 0.5) is 0 Å². The Morgan fingerprint density at radius 1 is 0.0208 bits per heavy atom. The van der Waals surface area contributed by atoms with E-state index in [1.165, 1.54) is 0 Å². The number of rotatable bonds is 0. The maximum absolute atomic E-state index is 0. The van der Waals surface area contributed by atoms with Crippen LogP contribution in [0.25, 0.3) is 0 Å². The van der Waals surface area contributed by atoms with E-state index in [0.717, 1.165) is 0 Å². The van der Waals surface area contributed by atoms with Crippen molar-refractivity contribution in [1.82, 2.24) is 0 Å². The Kier molecular flexibility index (Phi) is 4540. The van der Waals surface area contributed by atoms with E-state index in [1.807, 2.05) is 0 Å². The molecule has 0 amide bonds. The van der Waals surface area contributed by atoms with E-state index < -0.39 is 0 Å². The molecule has 0 spiro atoms. The second-order valence-electron chi connectivity index (χ2n) is 0. The van der Waals surface area contributed by atoms with E-state index in [0.29, 0.717) is 0 Å². The first kappa shape index (κ1) is 476. The molecular formula is W48. The summed E-state index contributed by atoms with van der Waals surface area (Å²) in [5, 5.41) is 0. The van der Waals surface area contributed by atoms with Gasteiger partial charge in [0.2, 0.25) is 0 Å². The molecule has 0 aromatic carbocycles. The van der Waals surface area contributed by atoms with Crippen LogP contribution in [0.2, 0.25) is 0 Å². The fourth-order valence-electron chi connectivity index (χ4n) is 0. The van der Waals surface area contributed by atoms with Gasteiger partial charge in [0.25, 0.3) is 0 Å². The number of hydrogen-bond acceptors (Lipinski definition) is 0. The van der Waals surface area contributed by atoms with E-state index >= 15 is 0 Å². The normalized spacial score (nSPS) is 0. The van der Waals surface area contributed by atoms with Crippen LogP contribution in [0.15, 0.2) is 0 Å². The quantitative estimate of drug-likeness (QED) is 0.318. The van der Waals surface area contributed by atoms with Gasteiger partial charge in [0, 0.05) is 1010 Å². The molecule has 48 heavy (non-hydrogen) atoms. The van der Waals surface area contributed by atoms with Crippen molar-refractivity contribution in [2.45, 2.75) is 0 Å². The largest absolute Gasteiger partial charge is 0 e. The summed E-state index contributed by atoms with van der Waals surface area (Å²) in [6, 6.07) is 0. The first-order valence-electron chi connectivity index (χ1n) is 0. The fourth-order valence-corrected chi connectivity index (χ4v) is 0. The van der Waals surface area contributed by atoms with Crippen LogP contribution >= 0.6 is 0 Å². The average Bonchev–Trinajstić information content (AvgIpc) is 0. The smallest absolute Gasteiger partial charge is 0 e. The summed E-state index contributed by atoms with van der Waals surface area (Å²) < 4.78 is 0. The van der Waals surface area contributed by atoms with Gasteiger partial charge in [-0.15, -0.1) is 0 Å². The van der Waals surface area contributed by atoms with Gasteiger partial charge in [-0.2, -0.15) is 0 Å². The van der Waals surface area contributed by atoms with Gasteiger partial charge in [-0.3, -0.25) is 0 Å². The third-order valence-corrected chi connectivity index (χ3v) is 0. The molecule has 0 radical (unpaired) electrons. The van der Waals surface area contributed by atoms with Crippen molar-refractivity contribution >= 4 is 0 Å². The molecule has 0 fully saturated rings. The van der Waals surface area contributed by atoms with Gasteiger partial charge in [0.15, 0.2) is 0 Å². The van der Waals surface area contributed by atoms with Crippen LogP contribution in [0.1, 0.15) is 0 Å². The Morgan fingerprint density at radius 2 is 0.0208 bits per heavy atom. The Hall–Kier alpha value is 33.0. The van der Waals surface area contributed by atoms with Crippen LogP contribution in [-0.2, 0) is 1010 Å². The molecule has 0 aliphatic heterocycles. The molecule has 0 unspecified atom stereocenters.